The quantitative estimate of drug-likeness (QED) is 0.790. The normalized spacial score (nSPS) is 11.4. The fourth-order valence-corrected chi connectivity index (χ4v) is 1.83. The van der Waals surface area contributed by atoms with Gasteiger partial charge in [-0.15, -0.1) is 0 Å². The Morgan fingerprint density at radius 2 is 1.86 bits per heavy atom. The molecule has 0 saturated carbocycles. The van der Waals surface area contributed by atoms with Crippen LogP contribution in [0.1, 0.15) is 25.0 Å². The maximum atomic E-state index is 12.0. The summed E-state index contributed by atoms with van der Waals surface area (Å²) >= 11 is 0. The first kappa shape index (κ1) is 17.2. The van der Waals surface area contributed by atoms with E-state index in [0.717, 1.165) is 17.4 Å². The van der Waals surface area contributed by atoms with Crippen LogP contribution in [0.15, 0.2) is 24.3 Å². The molecule has 0 atom stereocenters. The number of hydrogen-bond acceptors (Lipinski definition) is 4. The molecule has 114 valence electrons. The molecule has 5 nitrogen and oxygen atoms in total. The van der Waals surface area contributed by atoms with Crippen molar-refractivity contribution in [1.82, 2.24) is 5.32 Å². The molecule has 1 aromatic carbocycles. The van der Waals surface area contributed by atoms with Gasteiger partial charge in [0.25, 0.3) is 0 Å². The number of rotatable bonds is 4. The lowest BCUT2D eigenvalue weighted by atomic mass is 10.1. The Hall–Kier alpha value is -1.84. The van der Waals surface area contributed by atoms with Gasteiger partial charge in [-0.2, -0.15) is 0 Å². The minimum atomic E-state index is -3.47. The second kappa shape index (κ2) is 6.74. The second-order valence-corrected chi connectivity index (χ2v) is 7.73. The van der Waals surface area contributed by atoms with Gasteiger partial charge in [-0.1, -0.05) is 24.0 Å². The highest BCUT2D eigenvalue weighted by molar-refractivity contribution is 7.92. The first-order chi connectivity index (χ1) is 9.68. The smallest absolute Gasteiger partial charge is 0.241 e. The standard InChI is InChI=1S/C15H20N2O3S/c1-15(2,21(3,19)20)14(18)17-11-13-8-6-12(7-9-13)5-4-10-16/h6-9H,10-11,16H2,1-3H3,(H,17,18). The maximum Gasteiger partial charge on any atom is 0.241 e. The highest BCUT2D eigenvalue weighted by Crippen LogP contribution is 2.15. The summed E-state index contributed by atoms with van der Waals surface area (Å²) < 4.78 is 21.7. The van der Waals surface area contributed by atoms with E-state index in [-0.39, 0.29) is 6.54 Å². The van der Waals surface area contributed by atoms with Crippen LogP contribution < -0.4 is 11.1 Å². The minimum Gasteiger partial charge on any atom is -0.351 e. The number of nitrogens with one attached hydrogen (secondary N) is 1. The number of amides is 1. The topological polar surface area (TPSA) is 89.3 Å². The van der Waals surface area contributed by atoms with E-state index in [1.54, 1.807) is 0 Å². The summed E-state index contributed by atoms with van der Waals surface area (Å²) in [5, 5.41) is 2.63. The number of benzene rings is 1. The van der Waals surface area contributed by atoms with Gasteiger partial charge >= 0.3 is 0 Å². The van der Waals surface area contributed by atoms with E-state index < -0.39 is 20.5 Å². The zero-order valence-electron chi connectivity index (χ0n) is 12.4. The molecular weight excluding hydrogens is 288 g/mol. The first-order valence-corrected chi connectivity index (χ1v) is 8.33. The molecule has 0 aliphatic rings. The predicted molar refractivity (Wildman–Crippen MR) is 83.1 cm³/mol. The molecular formula is C15H20N2O3S. The van der Waals surface area contributed by atoms with Crippen molar-refractivity contribution in [3.8, 4) is 11.8 Å². The third-order valence-electron chi connectivity index (χ3n) is 3.22. The number of nitrogens with two attached hydrogens (primary N) is 1. The van der Waals surface area contributed by atoms with Gasteiger partial charge in [-0.25, -0.2) is 8.42 Å². The Balaban J connectivity index is 2.70. The van der Waals surface area contributed by atoms with E-state index in [1.165, 1.54) is 13.8 Å². The van der Waals surface area contributed by atoms with Crippen LogP contribution in [0.4, 0.5) is 0 Å². The van der Waals surface area contributed by atoms with Gasteiger partial charge in [-0.05, 0) is 31.5 Å². The SMILES string of the molecule is CC(C)(C(=O)NCc1ccc(C#CCN)cc1)S(C)(=O)=O. The van der Waals surface area contributed by atoms with Gasteiger partial charge in [0.1, 0.15) is 4.75 Å². The van der Waals surface area contributed by atoms with E-state index in [2.05, 4.69) is 17.2 Å². The molecule has 0 fully saturated rings. The van der Waals surface area contributed by atoms with Gasteiger partial charge in [0, 0.05) is 18.4 Å². The number of hydrogen-bond donors (Lipinski definition) is 2. The highest BCUT2D eigenvalue weighted by Gasteiger charge is 2.38. The van der Waals surface area contributed by atoms with Crippen molar-refractivity contribution in [3.63, 3.8) is 0 Å². The van der Waals surface area contributed by atoms with Gasteiger partial charge < -0.3 is 11.1 Å². The molecule has 1 aromatic rings. The van der Waals surface area contributed by atoms with Crippen molar-refractivity contribution >= 4 is 15.7 Å². The Morgan fingerprint density at radius 1 is 1.29 bits per heavy atom. The lowest BCUT2D eigenvalue weighted by Gasteiger charge is -2.21. The molecule has 0 radical (unpaired) electrons. The summed E-state index contributed by atoms with van der Waals surface area (Å²) in [4.78, 5) is 12.0. The molecule has 0 aliphatic carbocycles. The van der Waals surface area contributed by atoms with Crippen LogP contribution in [0.2, 0.25) is 0 Å². The lowest BCUT2D eigenvalue weighted by Crippen LogP contribution is -2.47. The van der Waals surface area contributed by atoms with Gasteiger partial charge in [0.2, 0.25) is 5.91 Å². The minimum absolute atomic E-state index is 0.266. The number of carbonyl (C=O) groups is 1. The molecule has 21 heavy (non-hydrogen) atoms. The summed E-state index contributed by atoms with van der Waals surface area (Å²) in [7, 11) is -3.47. The molecule has 1 rings (SSSR count). The molecule has 0 spiro atoms. The summed E-state index contributed by atoms with van der Waals surface area (Å²) in [5.74, 6) is 5.13. The van der Waals surface area contributed by atoms with E-state index in [9.17, 15) is 13.2 Å². The van der Waals surface area contributed by atoms with Crippen LogP contribution in [-0.4, -0.2) is 31.9 Å². The largest absolute Gasteiger partial charge is 0.351 e. The fraction of sp³-hybridized carbons (Fsp3) is 0.400. The Bertz CT molecular complexity index is 665. The lowest BCUT2D eigenvalue weighted by molar-refractivity contribution is -0.123. The molecule has 0 aliphatic heterocycles. The molecule has 3 N–H and O–H groups in total. The zero-order chi connectivity index (χ0) is 16.1. The summed E-state index contributed by atoms with van der Waals surface area (Å²) in [6.45, 7) is 3.35. The van der Waals surface area contributed by atoms with Crippen molar-refractivity contribution in [2.24, 2.45) is 5.73 Å². The maximum absolute atomic E-state index is 12.0. The van der Waals surface area contributed by atoms with Crippen molar-refractivity contribution in [2.75, 3.05) is 12.8 Å². The van der Waals surface area contributed by atoms with Crippen LogP contribution in [0, 0.1) is 11.8 Å². The van der Waals surface area contributed by atoms with Crippen molar-refractivity contribution in [2.45, 2.75) is 25.1 Å². The average Bonchev–Trinajstić information content (AvgIpc) is 2.42. The van der Waals surface area contributed by atoms with Crippen molar-refractivity contribution in [1.29, 1.82) is 0 Å². The molecule has 0 aromatic heterocycles. The third-order valence-corrected chi connectivity index (χ3v) is 5.25. The predicted octanol–water partition coefficient (Wildman–Crippen LogP) is 0.436. The Morgan fingerprint density at radius 3 is 2.33 bits per heavy atom. The highest BCUT2D eigenvalue weighted by atomic mass is 32.2. The molecule has 0 heterocycles. The van der Waals surface area contributed by atoms with Crippen LogP contribution in [0.25, 0.3) is 0 Å². The average molecular weight is 308 g/mol. The summed E-state index contributed by atoms with van der Waals surface area (Å²) in [6, 6.07) is 7.31. The molecule has 1 amide bonds. The van der Waals surface area contributed by atoms with E-state index >= 15 is 0 Å². The number of sulfone groups is 1. The molecule has 0 bridgehead atoms. The Labute approximate surface area is 125 Å². The third kappa shape index (κ3) is 4.59. The van der Waals surface area contributed by atoms with Crippen LogP contribution >= 0.6 is 0 Å². The van der Waals surface area contributed by atoms with Crippen LogP contribution in [-0.2, 0) is 21.2 Å². The molecule has 0 saturated heterocycles. The van der Waals surface area contributed by atoms with Gasteiger partial charge in [-0.3, -0.25) is 4.79 Å². The van der Waals surface area contributed by atoms with Crippen LogP contribution in [0.3, 0.4) is 0 Å². The second-order valence-electron chi connectivity index (χ2n) is 5.17. The summed E-state index contributed by atoms with van der Waals surface area (Å²) in [5.41, 5.74) is 7.00. The van der Waals surface area contributed by atoms with Crippen molar-refractivity contribution < 1.29 is 13.2 Å². The van der Waals surface area contributed by atoms with Gasteiger partial charge in [0.05, 0.1) is 6.54 Å². The zero-order valence-corrected chi connectivity index (χ0v) is 13.3. The van der Waals surface area contributed by atoms with E-state index in [1.807, 2.05) is 24.3 Å². The van der Waals surface area contributed by atoms with E-state index in [4.69, 9.17) is 5.73 Å². The first-order valence-electron chi connectivity index (χ1n) is 6.44. The van der Waals surface area contributed by atoms with Crippen molar-refractivity contribution in [3.05, 3.63) is 35.4 Å². The van der Waals surface area contributed by atoms with Crippen LogP contribution in [0.5, 0.6) is 0 Å². The monoisotopic (exact) mass is 308 g/mol. The fourth-order valence-electron chi connectivity index (χ4n) is 1.42. The summed E-state index contributed by atoms with van der Waals surface area (Å²) in [6.07, 6.45) is 1.05. The van der Waals surface area contributed by atoms with Gasteiger partial charge in [0.15, 0.2) is 9.84 Å². The number of carbonyl (C=O) groups excluding carboxylic acids is 1. The van der Waals surface area contributed by atoms with E-state index in [0.29, 0.717) is 6.54 Å². The molecule has 6 heteroatoms. The molecule has 0 unspecified atom stereocenters. The Kier molecular flexibility index (Phi) is 5.53.